The van der Waals surface area contributed by atoms with E-state index in [4.69, 9.17) is 4.74 Å². The summed E-state index contributed by atoms with van der Waals surface area (Å²) in [6.45, 7) is 1.67. The summed E-state index contributed by atoms with van der Waals surface area (Å²) >= 11 is 0. The van der Waals surface area contributed by atoms with E-state index in [1.54, 1.807) is 11.0 Å². The predicted molar refractivity (Wildman–Crippen MR) is 66.6 cm³/mol. The first-order valence-electron chi connectivity index (χ1n) is 6.09. The minimum atomic E-state index is 0.414. The van der Waals surface area contributed by atoms with E-state index in [-0.39, 0.29) is 0 Å². The summed E-state index contributed by atoms with van der Waals surface area (Å²) in [4.78, 5) is 0. The first-order valence-corrected chi connectivity index (χ1v) is 6.09. The minimum Gasteiger partial charge on any atom is -0.380 e. The molecule has 1 N–H and O–H groups in total. The summed E-state index contributed by atoms with van der Waals surface area (Å²) in [7, 11) is 0. The van der Waals surface area contributed by atoms with Crippen LogP contribution in [0, 0.1) is 0 Å². The van der Waals surface area contributed by atoms with Crippen molar-refractivity contribution in [1.82, 2.24) is 20.2 Å². The molecule has 18 heavy (non-hydrogen) atoms. The van der Waals surface area contributed by atoms with Crippen molar-refractivity contribution in [2.75, 3.05) is 18.5 Å². The van der Waals surface area contributed by atoms with Gasteiger partial charge in [0.25, 0.3) is 0 Å². The van der Waals surface area contributed by atoms with E-state index in [9.17, 15) is 0 Å². The van der Waals surface area contributed by atoms with Crippen molar-refractivity contribution in [3.8, 4) is 5.69 Å². The molecule has 0 amide bonds. The number of hydrogen-bond donors (Lipinski definition) is 1. The van der Waals surface area contributed by atoms with Crippen LogP contribution in [-0.4, -0.2) is 39.5 Å². The maximum absolute atomic E-state index is 5.44. The van der Waals surface area contributed by atoms with Gasteiger partial charge in [-0.3, -0.25) is 0 Å². The molecule has 1 atom stereocenters. The van der Waals surface area contributed by atoms with Crippen LogP contribution in [0.3, 0.4) is 0 Å². The number of tetrazole rings is 1. The van der Waals surface area contributed by atoms with Crippen molar-refractivity contribution in [1.29, 1.82) is 0 Å². The number of nitrogens with one attached hydrogen (secondary N) is 1. The Kier molecular flexibility index (Phi) is 3.18. The molecule has 3 rings (SSSR count). The molecule has 1 fully saturated rings. The number of anilines is 1. The Hall–Kier alpha value is -1.95. The zero-order valence-corrected chi connectivity index (χ0v) is 9.99. The first kappa shape index (κ1) is 11.2. The van der Waals surface area contributed by atoms with Gasteiger partial charge in [-0.2, -0.15) is 0 Å². The molecule has 1 saturated heterocycles. The molecule has 0 saturated carbocycles. The monoisotopic (exact) mass is 245 g/mol. The highest BCUT2D eigenvalue weighted by atomic mass is 16.5. The number of ether oxygens (including phenoxy) is 1. The van der Waals surface area contributed by atoms with Gasteiger partial charge in [0.15, 0.2) is 0 Å². The molecular weight excluding hydrogens is 230 g/mol. The Morgan fingerprint density at radius 3 is 2.83 bits per heavy atom. The minimum absolute atomic E-state index is 0.414. The molecule has 2 heterocycles. The SMILES string of the molecule is c1cc(-n2cnnn2)ccc1NC1CCCOC1. The molecule has 2 aromatic rings. The van der Waals surface area contributed by atoms with E-state index < -0.39 is 0 Å². The standard InChI is InChI=1S/C12H15N5O/c1-2-11(8-18-7-1)14-10-3-5-12(6-4-10)17-9-13-15-16-17/h3-6,9,11,14H,1-2,7-8H2. The third kappa shape index (κ3) is 2.48. The van der Waals surface area contributed by atoms with Gasteiger partial charge in [0.05, 0.1) is 12.3 Å². The van der Waals surface area contributed by atoms with Crippen LogP contribution < -0.4 is 5.32 Å². The van der Waals surface area contributed by atoms with Gasteiger partial charge in [0, 0.05) is 18.3 Å². The van der Waals surface area contributed by atoms with Crippen molar-refractivity contribution in [2.24, 2.45) is 0 Å². The van der Waals surface area contributed by atoms with Gasteiger partial charge in [-0.1, -0.05) is 0 Å². The number of nitrogens with zero attached hydrogens (tertiary/aromatic N) is 4. The number of rotatable bonds is 3. The average Bonchev–Trinajstić information content (AvgIpc) is 2.95. The Balaban J connectivity index is 1.67. The number of hydrogen-bond acceptors (Lipinski definition) is 5. The molecule has 0 spiro atoms. The summed E-state index contributed by atoms with van der Waals surface area (Å²) in [6, 6.07) is 8.46. The molecule has 0 bridgehead atoms. The van der Waals surface area contributed by atoms with Crippen LogP contribution in [0.2, 0.25) is 0 Å². The lowest BCUT2D eigenvalue weighted by atomic mass is 10.1. The molecule has 1 aliphatic rings. The second kappa shape index (κ2) is 5.14. The van der Waals surface area contributed by atoms with Gasteiger partial charge in [-0.25, -0.2) is 4.68 Å². The fourth-order valence-electron chi connectivity index (χ4n) is 2.08. The zero-order chi connectivity index (χ0) is 12.2. The Bertz CT molecular complexity index is 476. The maximum Gasteiger partial charge on any atom is 0.143 e. The van der Waals surface area contributed by atoms with Crippen LogP contribution in [0.15, 0.2) is 30.6 Å². The van der Waals surface area contributed by atoms with E-state index >= 15 is 0 Å². The summed E-state index contributed by atoms with van der Waals surface area (Å²) in [5.41, 5.74) is 2.05. The second-order valence-corrected chi connectivity index (χ2v) is 4.36. The van der Waals surface area contributed by atoms with Crippen molar-refractivity contribution in [2.45, 2.75) is 18.9 Å². The molecular formula is C12H15N5O. The molecule has 0 radical (unpaired) electrons. The summed E-state index contributed by atoms with van der Waals surface area (Å²) < 4.78 is 7.08. The molecule has 1 aliphatic heterocycles. The highest BCUT2D eigenvalue weighted by molar-refractivity contribution is 5.49. The Labute approximate surface area is 105 Å². The van der Waals surface area contributed by atoms with Gasteiger partial charge in [-0.05, 0) is 47.5 Å². The summed E-state index contributed by atoms with van der Waals surface area (Å²) in [5.74, 6) is 0. The lowest BCUT2D eigenvalue weighted by Gasteiger charge is -2.24. The van der Waals surface area contributed by atoms with Crippen molar-refractivity contribution in [3.63, 3.8) is 0 Å². The zero-order valence-electron chi connectivity index (χ0n) is 9.99. The normalized spacial score (nSPS) is 19.7. The largest absolute Gasteiger partial charge is 0.380 e. The fraction of sp³-hybridized carbons (Fsp3) is 0.417. The van der Waals surface area contributed by atoms with Gasteiger partial charge < -0.3 is 10.1 Å². The lowest BCUT2D eigenvalue weighted by molar-refractivity contribution is 0.0876. The third-order valence-corrected chi connectivity index (χ3v) is 3.01. The van der Waals surface area contributed by atoms with Crippen LogP contribution in [-0.2, 0) is 4.74 Å². The second-order valence-electron chi connectivity index (χ2n) is 4.36. The Morgan fingerprint density at radius 2 is 2.17 bits per heavy atom. The highest BCUT2D eigenvalue weighted by Crippen LogP contribution is 2.16. The van der Waals surface area contributed by atoms with Gasteiger partial charge in [0.1, 0.15) is 6.33 Å². The lowest BCUT2D eigenvalue weighted by Crippen LogP contribution is -2.29. The predicted octanol–water partition coefficient (Wildman–Crippen LogP) is 1.25. The van der Waals surface area contributed by atoms with E-state index in [1.165, 1.54) is 0 Å². The summed E-state index contributed by atoms with van der Waals surface area (Å²) in [6.07, 6.45) is 3.87. The molecule has 1 aromatic heterocycles. The molecule has 6 nitrogen and oxygen atoms in total. The molecule has 0 aliphatic carbocycles. The van der Waals surface area contributed by atoms with Crippen LogP contribution >= 0.6 is 0 Å². The number of aromatic nitrogens is 4. The van der Waals surface area contributed by atoms with Gasteiger partial charge in [-0.15, -0.1) is 5.10 Å². The van der Waals surface area contributed by atoms with E-state index in [0.29, 0.717) is 6.04 Å². The molecule has 1 unspecified atom stereocenters. The maximum atomic E-state index is 5.44. The van der Waals surface area contributed by atoms with E-state index in [1.807, 2.05) is 24.3 Å². The van der Waals surface area contributed by atoms with Crippen molar-refractivity contribution in [3.05, 3.63) is 30.6 Å². The van der Waals surface area contributed by atoms with Crippen molar-refractivity contribution >= 4 is 5.69 Å². The van der Waals surface area contributed by atoms with Crippen LogP contribution in [0.5, 0.6) is 0 Å². The smallest absolute Gasteiger partial charge is 0.143 e. The van der Waals surface area contributed by atoms with E-state index in [2.05, 4.69) is 20.8 Å². The number of benzene rings is 1. The van der Waals surface area contributed by atoms with Crippen LogP contribution in [0.4, 0.5) is 5.69 Å². The van der Waals surface area contributed by atoms with Gasteiger partial charge in [0.2, 0.25) is 0 Å². The highest BCUT2D eigenvalue weighted by Gasteiger charge is 2.13. The third-order valence-electron chi connectivity index (χ3n) is 3.01. The van der Waals surface area contributed by atoms with Gasteiger partial charge >= 0.3 is 0 Å². The quantitative estimate of drug-likeness (QED) is 0.881. The first-order chi connectivity index (χ1) is 8.92. The topological polar surface area (TPSA) is 64.9 Å². The molecule has 1 aromatic carbocycles. The molecule has 6 heteroatoms. The molecule has 94 valence electrons. The van der Waals surface area contributed by atoms with E-state index in [0.717, 1.165) is 37.4 Å². The average molecular weight is 245 g/mol. The van der Waals surface area contributed by atoms with Crippen molar-refractivity contribution < 1.29 is 4.74 Å². The van der Waals surface area contributed by atoms with Crippen LogP contribution in [0.25, 0.3) is 5.69 Å². The fourth-order valence-corrected chi connectivity index (χ4v) is 2.08. The summed E-state index contributed by atoms with van der Waals surface area (Å²) in [5, 5.41) is 14.5. The Morgan fingerprint density at radius 1 is 1.28 bits per heavy atom. The van der Waals surface area contributed by atoms with Crippen LogP contribution in [0.1, 0.15) is 12.8 Å².